The fraction of sp³-hybridized carbons (Fsp3) is 0.357. The van der Waals surface area contributed by atoms with E-state index in [-0.39, 0.29) is 23.9 Å². The third-order valence-electron chi connectivity index (χ3n) is 3.65. The lowest BCUT2D eigenvalue weighted by Gasteiger charge is -2.15. The minimum atomic E-state index is -3.36. The zero-order valence-corrected chi connectivity index (χ0v) is 12.6. The van der Waals surface area contributed by atoms with E-state index in [1.807, 2.05) is 0 Å². The maximum Gasteiger partial charge on any atom is 0.274 e. The summed E-state index contributed by atoms with van der Waals surface area (Å²) in [6.45, 7) is 0.579. The largest absolute Gasteiger partial charge is 0.468 e. The molecule has 3 heterocycles. The lowest BCUT2D eigenvalue weighted by Crippen LogP contribution is -2.32. The van der Waals surface area contributed by atoms with Crippen molar-refractivity contribution in [2.24, 2.45) is 0 Å². The molecule has 8 heteroatoms. The smallest absolute Gasteiger partial charge is 0.274 e. The molecule has 2 aromatic rings. The second-order valence-corrected chi connectivity index (χ2v) is 7.42. The van der Waals surface area contributed by atoms with E-state index in [9.17, 15) is 13.2 Å². The van der Waals surface area contributed by atoms with Gasteiger partial charge in [-0.05, 0) is 18.6 Å². The molecule has 1 amide bonds. The Morgan fingerprint density at radius 2 is 2.27 bits per heavy atom. The maximum atomic E-state index is 12.4. The van der Waals surface area contributed by atoms with Gasteiger partial charge in [-0.2, -0.15) is 0 Å². The molecule has 3 rings (SSSR count). The summed E-state index contributed by atoms with van der Waals surface area (Å²) in [6.07, 6.45) is 6.18. The standard InChI is InChI=1S/C14H15N3O4S/c18-14(13-8-15-4-5-16-13)17-6-3-12(9-17)22(19,20)10-11-2-1-7-21-11/h1-2,4-5,7-8,12H,3,6,9-10H2/t12-/m0/s1. The first-order valence-electron chi connectivity index (χ1n) is 6.85. The number of hydrogen-bond acceptors (Lipinski definition) is 6. The summed E-state index contributed by atoms with van der Waals surface area (Å²) in [5.74, 6) is -0.0137. The molecule has 22 heavy (non-hydrogen) atoms. The molecule has 1 fully saturated rings. The number of likely N-dealkylation sites (tertiary alicyclic amines) is 1. The van der Waals surface area contributed by atoms with E-state index in [0.717, 1.165) is 0 Å². The van der Waals surface area contributed by atoms with Crippen LogP contribution in [0.4, 0.5) is 0 Å². The minimum absolute atomic E-state index is 0.141. The molecular formula is C14H15N3O4S. The number of aromatic nitrogens is 2. The van der Waals surface area contributed by atoms with E-state index in [4.69, 9.17) is 4.42 Å². The first-order valence-corrected chi connectivity index (χ1v) is 8.57. The van der Waals surface area contributed by atoms with Crippen molar-refractivity contribution in [1.29, 1.82) is 0 Å². The fourth-order valence-corrected chi connectivity index (χ4v) is 4.16. The number of amides is 1. The average molecular weight is 321 g/mol. The predicted octanol–water partition coefficient (Wildman–Crippen LogP) is 0.899. The number of carbonyl (C=O) groups excluding carboxylic acids is 1. The van der Waals surface area contributed by atoms with Crippen molar-refractivity contribution in [3.63, 3.8) is 0 Å². The summed E-state index contributed by atoms with van der Waals surface area (Å²) < 4.78 is 29.9. The molecule has 1 aliphatic rings. The van der Waals surface area contributed by atoms with Crippen molar-refractivity contribution in [1.82, 2.24) is 14.9 Å². The van der Waals surface area contributed by atoms with Crippen molar-refractivity contribution in [3.05, 3.63) is 48.4 Å². The summed E-state index contributed by atoms with van der Waals surface area (Å²) >= 11 is 0. The van der Waals surface area contributed by atoms with Gasteiger partial charge < -0.3 is 9.32 Å². The van der Waals surface area contributed by atoms with E-state index in [0.29, 0.717) is 18.7 Å². The highest BCUT2D eigenvalue weighted by atomic mass is 32.2. The molecule has 0 N–H and O–H groups in total. The van der Waals surface area contributed by atoms with Gasteiger partial charge in [0.25, 0.3) is 5.91 Å². The molecule has 0 radical (unpaired) electrons. The van der Waals surface area contributed by atoms with Gasteiger partial charge in [0.15, 0.2) is 9.84 Å². The second kappa shape index (κ2) is 5.88. The van der Waals surface area contributed by atoms with Gasteiger partial charge in [-0.1, -0.05) is 0 Å². The van der Waals surface area contributed by atoms with Crippen molar-refractivity contribution >= 4 is 15.7 Å². The Morgan fingerprint density at radius 1 is 1.41 bits per heavy atom. The summed E-state index contributed by atoms with van der Waals surface area (Å²) in [5, 5.41) is -0.571. The molecule has 1 aliphatic heterocycles. The highest BCUT2D eigenvalue weighted by Gasteiger charge is 2.36. The molecule has 0 spiro atoms. The normalized spacial score (nSPS) is 18.5. The van der Waals surface area contributed by atoms with Gasteiger partial charge in [-0.3, -0.25) is 9.78 Å². The lowest BCUT2D eigenvalue weighted by atomic mass is 10.4. The van der Waals surface area contributed by atoms with Crippen LogP contribution in [0.1, 0.15) is 22.7 Å². The van der Waals surface area contributed by atoms with Gasteiger partial charge >= 0.3 is 0 Å². The van der Waals surface area contributed by atoms with Crippen molar-refractivity contribution < 1.29 is 17.6 Å². The van der Waals surface area contributed by atoms with Crippen molar-refractivity contribution in [2.75, 3.05) is 13.1 Å². The number of sulfone groups is 1. The summed E-state index contributed by atoms with van der Waals surface area (Å²) in [6, 6.07) is 3.29. The van der Waals surface area contributed by atoms with Crippen molar-refractivity contribution in [2.45, 2.75) is 17.4 Å². The van der Waals surface area contributed by atoms with Crippen LogP contribution in [0.3, 0.4) is 0 Å². The van der Waals surface area contributed by atoms with E-state index >= 15 is 0 Å². The second-order valence-electron chi connectivity index (χ2n) is 5.14. The Morgan fingerprint density at radius 3 is 2.95 bits per heavy atom. The monoisotopic (exact) mass is 321 g/mol. The molecule has 7 nitrogen and oxygen atoms in total. The summed E-state index contributed by atoms with van der Waals surface area (Å²) in [4.78, 5) is 21.6. The van der Waals surface area contributed by atoms with Gasteiger partial charge in [0.2, 0.25) is 0 Å². The minimum Gasteiger partial charge on any atom is -0.468 e. The van der Waals surface area contributed by atoms with E-state index < -0.39 is 15.1 Å². The van der Waals surface area contributed by atoms with Gasteiger partial charge in [-0.15, -0.1) is 0 Å². The molecule has 2 aromatic heterocycles. The Labute approximate surface area is 127 Å². The summed E-state index contributed by atoms with van der Waals surface area (Å²) in [5.41, 5.74) is 0.228. The van der Waals surface area contributed by atoms with Gasteiger partial charge in [-0.25, -0.2) is 13.4 Å². The Hall–Kier alpha value is -2.22. The number of nitrogens with zero attached hydrogens (tertiary/aromatic N) is 3. The first-order chi connectivity index (χ1) is 10.6. The van der Waals surface area contributed by atoms with Crippen LogP contribution in [0, 0.1) is 0 Å². The first kappa shape index (κ1) is 14.7. The Balaban J connectivity index is 1.68. The fourth-order valence-electron chi connectivity index (χ4n) is 2.49. The van der Waals surface area contributed by atoms with E-state index in [1.165, 1.54) is 29.8 Å². The number of rotatable bonds is 4. The van der Waals surface area contributed by atoms with Gasteiger partial charge in [0, 0.05) is 25.5 Å². The average Bonchev–Trinajstić information content (AvgIpc) is 3.18. The molecule has 0 aliphatic carbocycles. The zero-order valence-electron chi connectivity index (χ0n) is 11.8. The van der Waals surface area contributed by atoms with E-state index in [2.05, 4.69) is 9.97 Å². The Bertz CT molecular complexity index is 744. The van der Waals surface area contributed by atoms with Crippen LogP contribution in [0.25, 0.3) is 0 Å². The highest BCUT2D eigenvalue weighted by molar-refractivity contribution is 7.91. The molecule has 0 saturated carbocycles. The topological polar surface area (TPSA) is 93.4 Å². The van der Waals surface area contributed by atoms with Crippen LogP contribution >= 0.6 is 0 Å². The SMILES string of the molecule is O=C(c1cnccn1)N1CC[C@H](S(=O)(=O)Cc2ccco2)C1. The lowest BCUT2D eigenvalue weighted by molar-refractivity contribution is 0.0787. The third-order valence-corrected chi connectivity index (χ3v) is 5.73. The Kier molecular flexibility index (Phi) is 3.93. The quantitative estimate of drug-likeness (QED) is 0.830. The van der Waals surface area contributed by atoms with Crippen LogP contribution in [-0.2, 0) is 15.6 Å². The molecule has 116 valence electrons. The van der Waals surface area contributed by atoms with E-state index in [1.54, 1.807) is 12.1 Å². The summed E-state index contributed by atoms with van der Waals surface area (Å²) in [7, 11) is -3.36. The maximum absolute atomic E-state index is 12.4. The number of furan rings is 1. The predicted molar refractivity (Wildman–Crippen MR) is 77.7 cm³/mol. The zero-order chi connectivity index (χ0) is 15.6. The van der Waals surface area contributed by atoms with Crippen LogP contribution in [0.15, 0.2) is 41.4 Å². The molecule has 1 saturated heterocycles. The molecular weight excluding hydrogens is 306 g/mol. The van der Waals surface area contributed by atoms with Crippen molar-refractivity contribution in [3.8, 4) is 0 Å². The third kappa shape index (κ3) is 3.01. The van der Waals surface area contributed by atoms with Crippen LogP contribution < -0.4 is 0 Å². The molecule has 0 aromatic carbocycles. The van der Waals surface area contributed by atoms with Gasteiger partial charge in [0.05, 0.1) is 17.7 Å². The van der Waals surface area contributed by atoms with Crippen LogP contribution in [-0.4, -0.2) is 47.5 Å². The molecule has 0 unspecified atom stereocenters. The number of carbonyl (C=O) groups is 1. The molecule has 1 atom stereocenters. The van der Waals surface area contributed by atoms with Gasteiger partial charge in [0.1, 0.15) is 17.2 Å². The van der Waals surface area contributed by atoms with Crippen LogP contribution in [0.2, 0.25) is 0 Å². The number of hydrogen-bond donors (Lipinski definition) is 0. The molecule has 0 bridgehead atoms. The van der Waals surface area contributed by atoms with Crippen LogP contribution in [0.5, 0.6) is 0 Å². The highest BCUT2D eigenvalue weighted by Crippen LogP contribution is 2.22.